The summed E-state index contributed by atoms with van der Waals surface area (Å²) >= 11 is 0. The molecule has 0 fully saturated rings. The summed E-state index contributed by atoms with van der Waals surface area (Å²) in [6.45, 7) is 0.865. The molecule has 0 saturated carbocycles. The van der Waals surface area contributed by atoms with Crippen LogP contribution in [0.25, 0.3) is 11.3 Å². The summed E-state index contributed by atoms with van der Waals surface area (Å²) in [6.07, 6.45) is -3.76. The summed E-state index contributed by atoms with van der Waals surface area (Å²) in [5, 5.41) is 18.4. The Hall–Kier alpha value is -3.77. The largest absolute Gasteiger partial charge is 0.478 e. The molecule has 2 aromatic carbocycles. The molecule has 164 valence electrons. The Morgan fingerprint density at radius 1 is 1.09 bits per heavy atom. The molecule has 0 aliphatic rings. The zero-order valence-electron chi connectivity index (χ0n) is 16.8. The van der Waals surface area contributed by atoms with E-state index in [0.29, 0.717) is 37.8 Å². The molecule has 0 atom stereocenters. The number of carboxylic acid groups (broad SMARTS) is 1. The molecule has 9 heteroatoms. The number of carboxylic acids is 1. The van der Waals surface area contributed by atoms with Crippen LogP contribution < -0.4 is 0 Å². The van der Waals surface area contributed by atoms with Crippen LogP contribution in [0.3, 0.4) is 0 Å². The number of halogens is 3. The lowest BCUT2D eigenvalue weighted by molar-refractivity contribution is -0.137. The van der Waals surface area contributed by atoms with Crippen LogP contribution in [0, 0.1) is 11.3 Å². The number of hydrogen-bond donors (Lipinski definition) is 1. The van der Waals surface area contributed by atoms with Crippen LogP contribution in [0.4, 0.5) is 13.2 Å². The molecule has 0 amide bonds. The summed E-state index contributed by atoms with van der Waals surface area (Å²) in [4.78, 5) is 19.4. The van der Waals surface area contributed by atoms with Crippen molar-refractivity contribution in [3.05, 3.63) is 82.8 Å². The number of ether oxygens (including phenoxy) is 1. The fourth-order valence-corrected chi connectivity index (χ4v) is 3.01. The molecule has 0 unspecified atom stereocenters. The van der Waals surface area contributed by atoms with E-state index in [9.17, 15) is 28.3 Å². The number of nitriles is 1. The zero-order valence-corrected chi connectivity index (χ0v) is 16.8. The molecule has 3 rings (SSSR count). The van der Waals surface area contributed by atoms with Crippen LogP contribution in [0.15, 0.2) is 54.6 Å². The molecule has 0 spiro atoms. The number of rotatable bonds is 8. The smallest absolute Gasteiger partial charge is 0.416 e. The normalized spacial score (nSPS) is 11.2. The summed E-state index contributed by atoms with van der Waals surface area (Å²) in [7, 11) is 0. The molecule has 0 radical (unpaired) electrons. The van der Waals surface area contributed by atoms with Gasteiger partial charge in [0.15, 0.2) is 0 Å². The standard InChI is InChI=1S/C23H18F3N3O3/c24-23(25,26)18-10-16(9-17(11-18)22(30)31)20-12-19(28-21(13-27)29-20)7-4-8-32-14-15-5-2-1-3-6-15/h1-3,5-6,9-12H,4,7-8,14H2,(H,30,31). The Morgan fingerprint density at radius 2 is 1.84 bits per heavy atom. The third-order valence-corrected chi connectivity index (χ3v) is 4.52. The van der Waals surface area contributed by atoms with E-state index >= 15 is 0 Å². The fourth-order valence-electron chi connectivity index (χ4n) is 3.01. The second-order valence-corrected chi connectivity index (χ2v) is 6.92. The number of aryl methyl sites for hydroxylation is 1. The third kappa shape index (κ3) is 6.12. The maximum atomic E-state index is 13.2. The number of aromatic carboxylic acids is 1. The number of nitrogens with zero attached hydrogens (tertiary/aromatic N) is 3. The minimum atomic E-state index is -4.73. The van der Waals surface area contributed by atoms with Crippen molar-refractivity contribution in [3.63, 3.8) is 0 Å². The van der Waals surface area contributed by atoms with Crippen molar-refractivity contribution in [1.29, 1.82) is 5.26 Å². The maximum absolute atomic E-state index is 13.2. The molecule has 0 aliphatic heterocycles. The highest BCUT2D eigenvalue weighted by Crippen LogP contribution is 2.33. The van der Waals surface area contributed by atoms with E-state index < -0.39 is 23.3 Å². The predicted octanol–water partition coefficient (Wildman–Crippen LogP) is 4.88. The Balaban J connectivity index is 1.78. The zero-order chi connectivity index (χ0) is 23.1. The minimum Gasteiger partial charge on any atom is -0.478 e. The first kappa shape index (κ1) is 22.9. The van der Waals surface area contributed by atoms with Gasteiger partial charge in [0, 0.05) is 17.9 Å². The fraction of sp³-hybridized carbons (Fsp3) is 0.217. The highest BCUT2D eigenvalue weighted by Gasteiger charge is 2.32. The molecule has 6 nitrogen and oxygen atoms in total. The van der Waals surface area contributed by atoms with E-state index in [1.54, 1.807) is 6.07 Å². The van der Waals surface area contributed by atoms with Gasteiger partial charge in [0.05, 0.1) is 23.4 Å². The van der Waals surface area contributed by atoms with Gasteiger partial charge < -0.3 is 9.84 Å². The highest BCUT2D eigenvalue weighted by molar-refractivity contribution is 5.89. The maximum Gasteiger partial charge on any atom is 0.416 e. The van der Waals surface area contributed by atoms with Crippen molar-refractivity contribution in [2.75, 3.05) is 6.61 Å². The summed E-state index contributed by atoms with van der Waals surface area (Å²) in [6, 6.07) is 15.3. The van der Waals surface area contributed by atoms with Crippen LogP contribution in [0.5, 0.6) is 0 Å². The van der Waals surface area contributed by atoms with Gasteiger partial charge in [0.25, 0.3) is 0 Å². The van der Waals surface area contributed by atoms with Crippen molar-refractivity contribution in [2.24, 2.45) is 0 Å². The van der Waals surface area contributed by atoms with Crippen LogP contribution >= 0.6 is 0 Å². The lowest BCUT2D eigenvalue weighted by Crippen LogP contribution is -2.09. The summed E-state index contributed by atoms with van der Waals surface area (Å²) in [5.41, 5.74) is -0.169. The van der Waals surface area contributed by atoms with Gasteiger partial charge in [-0.15, -0.1) is 0 Å². The average molecular weight is 441 g/mol. The lowest BCUT2D eigenvalue weighted by Gasteiger charge is -2.11. The Labute approximate surface area is 181 Å². The highest BCUT2D eigenvalue weighted by atomic mass is 19.4. The first-order valence-corrected chi connectivity index (χ1v) is 9.62. The number of hydrogen-bond acceptors (Lipinski definition) is 5. The Bertz CT molecular complexity index is 1140. The molecule has 32 heavy (non-hydrogen) atoms. The lowest BCUT2D eigenvalue weighted by atomic mass is 10.0. The van der Waals surface area contributed by atoms with Gasteiger partial charge in [0.1, 0.15) is 6.07 Å². The van der Waals surface area contributed by atoms with Gasteiger partial charge in [-0.05, 0) is 42.7 Å². The SMILES string of the molecule is N#Cc1nc(CCCOCc2ccccc2)cc(-c2cc(C(=O)O)cc(C(F)(F)F)c2)n1. The second kappa shape index (κ2) is 10.0. The van der Waals surface area contributed by atoms with Crippen molar-refractivity contribution in [3.8, 4) is 17.3 Å². The van der Waals surface area contributed by atoms with Crippen molar-refractivity contribution < 1.29 is 27.8 Å². The van der Waals surface area contributed by atoms with Gasteiger partial charge in [0.2, 0.25) is 5.82 Å². The first-order chi connectivity index (χ1) is 15.3. The van der Waals surface area contributed by atoms with Gasteiger partial charge in [-0.3, -0.25) is 0 Å². The monoisotopic (exact) mass is 441 g/mol. The quantitative estimate of drug-likeness (QED) is 0.501. The van der Waals surface area contributed by atoms with Gasteiger partial charge in [-0.1, -0.05) is 30.3 Å². The van der Waals surface area contributed by atoms with Crippen LogP contribution in [-0.4, -0.2) is 27.7 Å². The molecular formula is C23H18F3N3O3. The topological polar surface area (TPSA) is 96.1 Å². The molecule has 0 aliphatic carbocycles. The number of aromatic nitrogens is 2. The molecule has 1 aromatic heterocycles. The van der Waals surface area contributed by atoms with Crippen molar-refractivity contribution >= 4 is 5.97 Å². The number of alkyl halides is 3. The molecule has 1 N–H and O–H groups in total. The van der Waals surface area contributed by atoms with Gasteiger partial charge in [-0.25, -0.2) is 14.8 Å². The summed E-state index contributed by atoms with van der Waals surface area (Å²) < 4.78 is 45.3. The summed E-state index contributed by atoms with van der Waals surface area (Å²) in [5.74, 6) is -1.71. The van der Waals surface area contributed by atoms with Crippen LogP contribution in [-0.2, 0) is 23.9 Å². The van der Waals surface area contributed by atoms with Crippen LogP contribution in [0.2, 0.25) is 0 Å². The van der Waals surface area contributed by atoms with E-state index in [0.717, 1.165) is 17.7 Å². The second-order valence-electron chi connectivity index (χ2n) is 6.92. The Morgan fingerprint density at radius 3 is 2.50 bits per heavy atom. The molecule has 3 aromatic rings. The minimum absolute atomic E-state index is 0.0466. The van der Waals surface area contributed by atoms with Gasteiger partial charge >= 0.3 is 12.1 Å². The van der Waals surface area contributed by atoms with Gasteiger partial charge in [-0.2, -0.15) is 18.4 Å². The first-order valence-electron chi connectivity index (χ1n) is 9.62. The number of benzene rings is 2. The van der Waals surface area contributed by atoms with E-state index in [1.165, 1.54) is 6.07 Å². The average Bonchev–Trinajstić information content (AvgIpc) is 2.78. The van der Waals surface area contributed by atoms with Crippen molar-refractivity contribution in [2.45, 2.75) is 25.6 Å². The molecule has 1 heterocycles. The van der Waals surface area contributed by atoms with E-state index in [-0.39, 0.29) is 17.1 Å². The Kier molecular flexibility index (Phi) is 7.18. The molecule has 0 bridgehead atoms. The van der Waals surface area contributed by atoms with E-state index in [4.69, 9.17) is 4.74 Å². The van der Waals surface area contributed by atoms with E-state index in [1.807, 2.05) is 30.3 Å². The van der Waals surface area contributed by atoms with E-state index in [2.05, 4.69) is 9.97 Å². The van der Waals surface area contributed by atoms with Crippen molar-refractivity contribution in [1.82, 2.24) is 9.97 Å². The third-order valence-electron chi connectivity index (χ3n) is 4.52. The van der Waals surface area contributed by atoms with Crippen LogP contribution in [0.1, 0.15) is 39.4 Å². The molecular weight excluding hydrogens is 423 g/mol. The molecule has 0 saturated heterocycles. The number of carbonyl (C=O) groups is 1. The predicted molar refractivity (Wildman–Crippen MR) is 109 cm³/mol.